The Labute approximate surface area is 264 Å². The Morgan fingerprint density at radius 2 is 1.98 bits per heavy atom. The van der Waals surface area contributed by atoms with E-state index in [1.165, 1.54) is 0 Å². The lowest BCUT2D eigenvalue weighted by Gasteiger charge is -2.44. The maximum Gasteiger partial charge on any atom is 0.332 e. The van der Waals surface area contributed by atoms with Gasteiger partial charge in [-0.05, 0) is 105 Å². The average molecular weight is 645 g/mol. The predicted molar refractivity (Wildman–Crippen MR) is 170 cm³/mol. The highest BCUT2D eigenvalue weighted by atomic mass is 35.5. The van der Waals surface area contributed by atoms with Gasteiger partial charge in [0.1, 0.15) is 19.0 Å². The van der Waals surface area contributed by atoms with E-state index in [-0.39, 0.29) is 42.5 Å². The van der Waals surface area contributed by atoms with Crippen molar-refractivity contribution in [2.45, 2.75) is 64.6 Å². The number of nitrogens with zero attached hydrogens (tertiary/aromatic N) is 1. The van der Waals surface area contributed by atoms with Crippen LogP contribution < -0.4 is 14.4 Å². The molecule has 5 rings (SSSR count). The summed E-state index contributed by atoms with van der Waals surface area (Å²) < 4.78 is 45.3. The second-order valence-electron chi connectivity index (χ2n) is 11.7. The molecule has 2 aliphatic heterocycles. The minimum Gasteiger partial charge on any atom is -0.487 e. The molecular weight excluding hydrogens is 604 g/mol. The van der Waals surface area contributed by atoms with Gasteiger partial charge in [0.25, 0.3) is 5.91 Å². The first-order valence-corrected chi connectivity index (χ1v) is 17.5. The van der Waals surface area contributed by atoms with Crippen LogP contribution >= 0.6 is 11.6 Å². The van der Waals surface area contributed by atoms with Gasteiger partial charge in [-0.15, -0.1) is 0 Å². The van der Waals surface area contributed by atoms with Crippen molar-refractivity contribution in [1.29, 1.82) is 0 Å². The summed E-state index contributed by atoms with van der Waals surface area (Å²) in [6.07, 6.45) is 9.09. The number of esters is 1. The Bertz CT molecular complexity index is 1480. The highest BCUT2D eigenvalue weighted by molar-refractivity contribution is 7.90. The number of amides is 1. The number of sulfonamides is 1. The third-order valence-corrected chi connectivity index (χ3v) is 10.2. The van der Waals surface area contributed by atoms with E-state index in [0.717, 1.165) is 55.5 Å². The zero-order valence-corrected chi connectivity index (χ0v) is 26.7. The van der Waals surface area contributed by atoms with Gasteiger partial charge in [-0.3, -0.25) is 4.79 Å². The SMILES string of the molecule is CCOC(=O)CO[C@@H]1/C=C/CCCS(=O)(=O)NC(=O)c2ccc3c(c2)N(CCCCc2cc(Cl)ccc2CO3)CC2CCC21. The van der Waals surface area contributed by atoms with E-state index in [0.29, 0.717) is 36.8 Å². The molecule has 2 bridgehead atoms. The van der Waals surface area contributed by atoms with Gasteiger partial charge < -0.3 is 19.1 Å². The zero-order chi connectivity index (χ0) is 31.1. The second-order valence-corrected chi connectivity index (χ2v) is 14.0. The van der Waals surface area contributed by atoms with E-state index < -0.39 is 21.9 Å². The second kappa shape index (κ2) is 14.8. The van der Waals surface area contributed by atoms with E-state index in [1.807, 2.05) is 30.4 Å². The van der Waals surface area contributed by atoms with E-state index in [4.69, 9.17) is 25.8 Å². The number of allylic oxidation sites excluding steroid dienone is 1. The summed E-state index contributed by atoms with van der Waals surface area (Å²) >= 11 is 6.31. The van der Waals surface area contributed by atoms with Crippen LogP contribution in [0.5, 0.6) is 5.75 Å². The fourth-order valence-corrected chi connectivity index (χ4v) is 7.42. The smallest absolute Gasteiger partial charge is 0.332 e. The van der Waals surface area contributed by atoms with Crippen molar-refractivity contribution < 1.29 is 32.2 Å². The summed E-state index contributed by atoms with van der Waals surface area (Å²) in [4.78, 5) is 27.5. The van der Waals surface area contributed by atoms with Crippen LogP contribution in [-0.2, 0) is 37.3 Å². The van der Waals surface area contributed by atoms with E-state index in [2.05, 4.69) is 9.62 Å². The maximum absolute atomic E-state index is 13.2. The highest BCUT2D eigenvalue weighted by Gasteiger charge is 2.38. The number of ether oxygens (including phenoxy) is 3. The van der Waals surface area contributed by atoms with Gasteiger partial charge in [0.15, 0.2) is 0 Å². The molecule has 1 aliphatic carbocycles. The van der Waals surface area contributed by atoms with E-state index in [1.54, 1.807) is 25.1 Å². The number of rotatable bonds is 4. The topological polar surface area (TPSA) is 111 Å². The summed E-state index contributed by atoms with van der Waals surface area (Å²) in [6, 6.07) is 11.0. The molecule has 238 valence electrons. The summed E-state index contributed by atoms with van der Waals surface area (Å²) in [5, 5.41) is 0.694. The molecule has 1 amide bonds. The lowest BCUT2D eigenvalue weighted by atomic mass is 9.70. The molecule has 1 saturated carbocycles. The number of fused-ring (bicyclic) bond motifs is 3. The van der Waals surface area contributed by atoms with Crippen molar-refractivity contribution in [2.75, 3.05) is 37.0 Å². The standard InChI is InChI=1S/C33H41ClN2O7S/c1-2-41-32(37)22-43-30-9-4-3-7-17-44(39,40)35-33(38)24-12-15-31-29(19-24)36(20-25-11-14-28(25)30)16-6-5-8-23-18-27(34)13-10-26(23)21-42-31/h4,9-10,12-13,15,18-19,25,28,30H,2-3,5-8,11,14,16-17,20-22H2,1H3,(H,35,38)/b9-4+/t25?,28?,30-/m1/s1. The average Bonchev–Trinajstić information content (AvgIpc) is 3.00. The largest absolute Gasteiger partial charge is 0.487 e. The molecule has 0 radical (unpaired) electrons. The Balaban J connectivity index is 1.48. The lowest BCUT2D eigenvalue weighted by molar-refractivity contribution is -0.151. The molecule has 0 saturated heterocycles. The molecule has 3 atom stereocenters. The van der Waals surface area contributed by atoms with E-state index in [9.17, 15) is 18.0 Å². The molecule has 0 spiro atoms. The highest BCUT2D eigenvalue weighted by Crippen LogP contribution is 2.41. The van der Waals surface area contributed by atoms with Gasteiger partial charge in [0, 0.05) is 23.7 Å². The Hall–Kier alpha value is -3.08. The number of benzene rings is 2. The quantitative estimate of drug-likeness (QED) is 0.346. The normalized spacial score (nSPS) is 24.6. The van der Waals surface area contributed by atoms with Crippen molar-refractivity contribution in [1.82, 2.24) is 4.72 Å². The van der Waals surface area contributed by atoms with Crippen LogP contribution in [0.4, 0.5) is 5.69 Å². The zero-order valence-electron chi connectivity index (χ0n) is 25.1. The van der Waals surface area contributed by atoms with E-state index >= 15 is 0 Å². The minimum absolute atomic E-state index is 0.138. The Morgan fingerprint density at radius 3 is 2.77 bits per heavy atom. The molecular formula is C33H41ClN2O7S. The Kier molecular flexibility index (Phi) is 10.9. The number of halogens is 1. The van der Waals surface area contributed by atoms with Gasteiger partial charge in [0.05, 0.1) is 24.2 Å². The van der Waals surface area contributed by atoms with Crippen LogP contribution in [0.3, 0.4) is 0 Å². The van der Waals surface area contributed by atoms with Crippen LogP contribution in [0.2, 0.25) is 5.02 Å². The lowest BCUT2D eigenvalue weighted by Crippen LogP contribution is -2.44. The van der Waals surface area contributed by atoms with Crippen molar-refractivity contribution in [3.05, 3.63) is 70.3 Å². The fourth-order valence-electron chi connectivity index (χ4n) is 6.18. The summed E-state index contributed by atoms with van der Waals surface area (Å²) in [5.74, 6) is -0.159. The van der Waals surface area contributed by atoms with Crippen LogP contribution in [0.15, 0.2) is 48.6 Å². The molecule has 0 aromatic heterocycles. The first-order chi connectivity index (χ1) is 21.2. The molecule has 1 N–H and O–H groups in total. The maximum atomic E-state index is 13.2. The summed E-state index contributed by atoms with van der Waals surface area (Å²) in [6.45, 7) is 3.68. The van der Waals surface area contributed by atoms with Gasteiger partial charge in [-0.1, -0.05) is 29.8 Å². The molecule has 3 aliphatic rings. The molecule has 9 nitrogen and oxygen atoms in total. The summed E-state index contributed by atoms with van der Waals surface area (Å²) in [7, 11) is -3.84. The van der Waals surface area contributed by atoms with Crippen molar-refractivity contribution in [3.8, 4) is 5.75 Å². The molecule has 2 aromatic rings. The monoisotopic (exact) mass is 644 g/mol. The van der Waals surface area contributed by atoms with Gasteiger partial charge in [-0.25, -0.2) is 17.9 Å². The third kappa shape index (κ3) is 8.34. The molecule has 44 heavy (non-hydrogen) atoms. The first-order valence-electron chi connectivity index (χ1n) is 15.5. The summed E-state index contributed by atoms with van der Waals surface area (Å²) in [5.41, 5.74) is 3.23. The number of carbonyl (C=O) groups excluding carboxylic acids is 2. The molecule has 2 aromatic carbocycles. The number of anilines is 1. The number of hydrogen-bond acceptors (Lipinski definition) is 8. The number of aryl methyl sites for hydroxylation is 1. The van der Waals surface area contributed by atoms with Crippen LogP contribution in [0.1, 0.15) is 66.9 Å². The van der Waals surface area contributed by atoms with Crippen LogP contribution in [0, 0.1) is 11.8 Å². The van der Waals surface area contributed by atoms with Crippen molar-refractivity contribution in [2.24, 2.45) is 11.8 Å². The number of nitrogens with one attached hydrogen (secondary N) is 1. The molecule has 2 heterocycles. The third-order valence-electron chi connectivity index (χ3n) is 8.65. The van der Waals surface area contributed by atoms with Crippen LogP contribution in [0.25, 0.3) is 0 Å². The predicted octanol–water partition coefficient (Wildman–Crippen LogP) is 5.45. The van der Waals surface area contributed by atoms with Crippen LogP contribution in [-0.4, -0.2) is 58.5 Å². The minimum atomic E-state index is -3.84. The molecule has 1 fully saturated rings. The van der Waals surface area contributed by atoms with Crippen molar-refractivity contribution in [3.63, 3.8) is 0 Å². The van der Waals surface area contributed by atoms with Gasteiger partial charge in [0.2, 0.25) is 10.0 Å². The van der Waals surface area contributed by atoms with Gasteiger partial charge in [-0.2, -0.15) is 0 Å². The molecule has 2 unspecified atom stereocenters. The Morgan fingerprint density at radius 1 is 1.11 bits per heavy atom. The van der Waals surface area contributed by atoms with Gasteiger partial charge >= 0.3 is 5.97 Å². The fraction of sp³-hybridized carbons (Fsp3) is 0.515. The first kappa shape index (κ1) is 32.3. The van der Waals surface area contributed by atoms with Crippen molar-refractivity contribution >= 4 is 39.2 Å². The molecule has 11 heteroatoms. The number of carbonyl (C=O) groups is 2. The number of hydrogen-bond donors (Lipinski definition) is 1.